The van der Waals surface area contributed by atoms with Crippen LogP contribution in [0.2, 0.25) is 0 Å². The van der Waals surface area contributed by atoms with Crippen molar-refractivity contribution < 1.29 is 22.0 Å². The van der Waals surface area contributed by atoms with Crippen molar-refractivity contribution in [3.63, 3.8) is 0 Å². The van der Waals surface area contributed by atoms with Gasteiger partial charge >= 0.3 is 0 Å². The van der Waals surface area contributed by atoms with Crippen LogP contribution in [-0.2, 0) is 10.0 Å². The molecule has 1 atom stereocenters. The van der Waals surface area contributed by atoms with Crippen LogP contribution in [0.5, 0.6) is 0 Å². The first-order chi connectivity index (χ1) is 13.7. The zero-order valence-corrected chi connectivity index (χ0v) is 17.9. The van der Waals surface area contributed by atoms with Crippen molar-refractivity contribution in [3.8, 4) is 0 Å². The van der Waals surface area contributed by atoms with Gasteiger partial charge in [-0.1, -0.05) is 6.42 Å². The number of furan rings is 2. The number of piperidine rings is 1. The van der Waals surface area contributed by atoms with Gasteiger partial charge in [-0.05, 0) is 71.0 Å². The van der Waals surface area contributed by atoms with Crippen molar-refractivity contribution in [1.82, 2.24) is 14.9 Å². The summed E-state index contributed by atoms with van der Waals surface area (Å²) < 4.78 is 38.1. The lowest BCUT2D eigenvalue weighted by atomic mass is 10.1. The third kappa shape index (κ3) is 5.71. The molecule has 8 nitrogen and oxygen atoms in total. The number of amides is 1. The highest BCUT2D eigenvalue weighted by Gasteiger charge is 2.28. The molecule has 3 heterocycles. The number of hydrogen-bond acceptors (Lipinski definition) is 6. The lowest BCUT2D eigenvalue weighted by molar-refractivity contribution is 0.0882. The number of sulfonamides is 1. The number of carbonyl (C=O) groups excluding carboxylic acids is 1. The van der Waals surface area contributed by atoms with Crippen LogP contribution in [-0.4, -0.2) is 44.4 Å². The van der Waals surface area contributed by atoms with Crippen molar-refractivity contribution in [2.75, 3.05) is 19.6 Å². The largest absolute Gasteiger partial charge is 0.468 e. The Kier molecular flexibility index (Phi) is 6.50. The Labute approximate surface area is 171 Å². The molecule has 0 spiro atoms. The van der Waals surface area contributed by atoms with E-state index in [9.17, 15) is 13.2 Å². The quantitative estimate of drug-likeness (QED) is 0.709. The van der Waals surface area contributed by atoms with E-state index in [1.807, 2.05) is 12.1 Å². The molecule has 1 fully saturated rings. The second-order valence-corrected chi connectivity index (χ2v) is 9.93. The van der Waals surface area contributed by atoms with Gasteiger partial charge in [0, 0.05) is 12.1 Å². The molecule has 3 rings (SSSR count). The summed E-state index contributed by atoms with van der Waals surface area (Å²) in [5.41, 5.74) is -0.654. The Bertz CT molecular complexity index is 906. The molecule has 0 bridgehead atoms. The summed E-state index contributed by atoms with van der Waals surface area (Å²) in [6.45, 7) is 7.44. The molecular weight excluding hydrogens is 394 g/mol. The average molecular weight is 424 g/mol. The molecule has 1 aliphatic rings. The van der Waals surface area contributed by atoms with E-state index in [0.717, 1.165) is 31.7 Å². The second-order valence-electron chi connectivity index (χ2n) is 8.31. The van der Waals surface area contributed by atoms with Crippen LogP contribution in [0.25, 0.3) is 0 Å². The van der Waals surface area contributed by atoms with Gasteiger partial charge in [0.05, 0.1) is 12.3 Å². The minimum Gasteiger partial charge on any atom is -0.468 e. The molecule has 2 aromatic heterocycles. The van der Waals surface area contributed by atoms with Crippen LogP contribution in [0.1, 0.15) is 62.4 Å². The molecule has 29 heavy (non-hydrogen) atoms. The molecule has 1 saturated heterocycles. The van der Waals surface area contributed by atoms with Gasteiger partial charge in [0.15, 0.2) is 5.76 Å². The van der Waals surface area contributed by atoms with E-state index in [-0.39, 0.29) is 16.9 Å². The van der Waals surface area contributed by atoms with Crippen LogP contribution < -0.4 is 10.0 Å². The lowest BCUT2D eigenvalue weighted by Crippen LogP contribution is -2.40. The summed E-state index contributed by atoms with van der Waals surface area (Å²) in [7, 11) is -3.83. The first-order valence-electron chi connectivity index (χ1n) is 9.85. The molecule has 2 N–H and O–H groups in total. The molecule has 2 aromatic rings. The van der Waals surface area contributed by atoms with E-state index in [1.54, 1.807) is 27.0 Å². The zero-order valence-electron chi connectivity index (χ0n) is 17.1. The van der Waals surface area contributed by atoms with Crippen LogP contribution in [0.3, 0.4) is 0 Å². The van der Waals surface area contributed by atoms with E-state index in [4.69, 9.17) is 8.83 Å². The van der Waals surface area contributed by atoms with E-state index in [1.165, 1.54) is 18.6 Å². The van der Waals surface area contributed by atoms with E-state index < -0.39 is 21.5 Å². The van der Waals surface area contributed by atoms with Crippen molar-refractivity contribution in [2.24, 2.45) is 0 Å². The number of likely N-dealkylation sites (tertiary alicyclic amines) is 1. The molecule has 0 radical (unpaired) electrons. The Morgan fingerprint density at radius 2 is 1.90 bits per heavy atom. The Morgan fingerprint density at radius 1 is 1.17 bits per heavy atom. The first-order valence-corrected chi connectivity index (χ1v) is 11.3. The van der Waals surface area contributed by atoms with Crippen LogP contribution >= 0.6 is 0 Å². The number of nitrogens with one attached hydrogen (secondary N) is 2. The minimum atomic E-state index is -3.83. The molecule has 9 heteroatoms. The zero-order chi connectivity index (χ0) is 21.1. The van der Waals surface area contributed by atoms with Crippen molar-refractivity contribution in [2.45, 2.75) is 56.7 Å². The van der Waals surface area contributed by atoms with E-state index >= 15 is 0 Å². The van der Waals surface area contributed by atoms with Crippen LogP contribution in [0.4, 0.5) is 0 Å². The fraction of sp³-hybridized carbons (Fsp3) is 0.550. The maximum absolute atomic E-state index is 12.6. The van der Waals surface area contributed by atoms with Gasteiger partial charge in [-0.25, -0.2) is 13.1 Å². The topological polar surface area (TPSA) is 105 Å². The highest BCUT2D eigenvalue weighted by Crippen LogP contribution is 2.25. The van der Waals surface area contributed by atoms with Gasteiger partial charge in [-0.15, -0.1) is 0 Å². The summed E-state index contributed by atoms with van der Waals surface area (Å²) in [4.78, 5) is 14.9. The highest BCUT2D eigenvalue weighted by atomic mass is 32.2. The third-order valence-electron chi connectivity index (χ3n) is 4.67. The second kappa shape index (κ2) is 8.73. The Hall–Kier alpha value is -2.10. The maximum atomic E-state index is 12.6. The molecule has 0 saturated carbocycles. The summed E-state index contributed by atoms with van der Waals surface area (Å²) in [6, 6.07) is 6.32. The predicted octanol–water partition coefficient (Wildman–Crippen LogP) is 2.91. The van der Waals surface area contributed by atoms with Crippen molar-refractivity contribution in [3.05, 3.63) is 42.0 Å². The van der Waals surface area contributed by atoms with E-state index in [2.05, 4.69) is 14.9 Å². The SMILES string of the molecule is CC(C)(C)NS(=O)(=O)c1ccc(C(=O)NCC(c2ccco2)N2CCCCC2)o1. The summed E-state index contributed by atoms with van der Waals surface area (Å²) in [6.07, 6.45) is 5.07. The minimum absolute atomic E-state index is 0.0453. The fourth-order valence-electron chi connectivity index (χ4n) is 3.44. The summed E-state index contributed by atoms with van der Waals surface area (Å²) >= 11 is 0. The molecule has 160 valence electrons. The molecular formula is C20H29N3O5S. The monoisotopic (exact) mass is 423 g/mol. The van der Waals surface area contributed by atoms with Crippen LogP contribution in [0, 0.1) is 0 Å². The van der Waals surface area contributed by atoms with Crippen LogP contribution in [0.15, 0.2) is 44.5 Å². The van der Waals surface area contributed by atoms with E-state index in [0.29, 0.717) is 6.54 Å². The van der Waals surface area contributed by atoms with Gasteiger partial charge in [-0.2, -0.15) is 0 Å². The van der Waals surface area contributed by atoms with Gasteiger partial charge in [0.1, 0.15) is 5.76 Å². The predicted molar refractivity (Wildman–Crippen MR) is 108 cm³/mol. The third-order valence-corrected chi connectivity index (χ3v) is 6.30. The average Bonchev–Trinajstić information content (AvgIpc) is 3.33. The fourth-order valence-corrected chi connectivity index (χ4v) is 4.79. The molecule has 0 aromatic carbocycles. The Morgan fingerprint density at radius 3 is 2.52 bits per heavy atom. The smallest absolute Gasteiger partial charge is 0.287 e. The molecule has 1 unspecified atom stereocenters. The first kappa shape index (κ1) is 21.6. The number of carbonyl (C=O) groups is 1. The highest BCUT2D eigenvalue weighted by molar-refractivity contribution is 7.89. The van der Waals surface area contributed by atoms with Gasteiger partial charge in [0.2, 0.25) is 5.09 Å². The molecule has 1 amide bonds. The number of nitrogens with zero attached hydrogens (tertiary/aromatic N) is 1. The number of rotatable bonds is 7. The number of hydrogen-bond donors (Lipinski definition) is 2. The summed E-state index contributed by atoms with van der Waals surface area (Å²) in [5, 5.41) is 2.57. The summed E-state index contributed by atoms with van der Waals surface area (Å²) in [5.74, 6) is 0.288. The standard InChI is InChI=1S/C20H29N3O5S/c1-20(2,3)22-29(25,26)18-10-9-17(28-18)19(24)21-14-15(16-8-7-13-27-16)23-11-5-4-6-12-23/h7-10,13,15,22H,4-6,11-12,14H2,1-3H3,(H,21,24). The van der Waals surface area contributed by atoms with Gasteiger partial charge in [0.25, 0.3) is 15.9 Å². The molecule has 1 aliphatic heterocycles. The van der Waals surface area contributed by atoms with Gasteiger partial charge < -0.3 is 14.2 Å². The van der Waals surface area contributed by atoms with Crippen molar-refractivity contribution in [1.29, 1.82) is 0 Å². The normalized spacial score (nSPS) is 17.2. The lowest BCUT2D eigenvalue weighted by Gasteiger charge is -2.33. The maximum Gasteiger partial charge on any atom is 0.287 e. The Balaban J connectivity index is 1.67. The van der Waals surface area contributed by atoms with Crippen molar-refractivity contribution >= 4 is 15.9 Å². The van der Waals surface area contributed by atoms with Gasteiger partial charge in [-0.3, -0.25) is 9.69 Å². The molecule has 0 aliphatic carbocycles.